The molecule has 0 saturated heterocycles. The van der Waals surface area contributed by atoms with Crippen molar-refractivity contribution in [2.24, 2.45) is 5.73 Å². The summed E-state index contributed by atoms with van der Waals surface area (Å²) in [4.78, 5) is 27.2. The van der Waals surface area contributed by atoms with Gasteiger partial charge in [0.15, 0.2) is 0 Å². The second-order valence-electron chi connectivity index (χ2n) is 9.14. The predicted octanol–water partition coefficient (Wildman–Crippen LogP) is 7.62. The van der Waals surface area contributed by atoms with E-state index in [1.165, 1.54) is 30.3 Å². The van der Waals surface area contributed by atoms with Crippen LogP contribution in [0, 0.1) is 10.1 Å². The van der Waals surface area contributed by atoms with E-state index in [0.29, 0.717) is 29.0 Å². The topological polar surface area (TPSA) is 111 Å². The SMILES string of the molecule is NC(=O)c1c(-c2ccccc2[N+](=O)[O-])[nH]c(-c2ccc(C(F)(F)F)cc2)c1-c1ccc(OCc2ccccc2)cc1. The number of alkyl halides is 3. The van der Waals surface area contributed by atoms with Crippen LogP contribution >= 0.6 is 0 Å². The molecule has 0 unspecified atom stereocenters. The lowest BCUT2D eigenvalue weighted by atomic mass is 9.94. The Morgan fingerprint density at radius 3 is 2.05 bits per heavy atom. The smallest absolute Gasteiger partial charge is 0.416 e. The van der Waals surface area contributed by atoms with Gasteiger partial charge in [-0.2, -0.15) is 13.2 Å². The maximum absolute atomic E-state index is 13.2. The van der Waals surface area contributed by atoms with Crippen molar-refractivity contribution in [3.63, 3.8) is 0 Å². The molecule has 0 radical (unpaired) electrons. The highest BCUT2D eigenvalue weighted by molar-refractivity contribution is 6.10. The zero-order chi connectivity index (χ0) is 29.1. The van der Waals surface area contributed by atoms with E-state index < -0.39 is 22.6 Å². The average molecular weight is 558 g/mol. The van der Waals surface area contributed by atoms with Gasteiger partial charge in [-0.25, -0.2) is 0 Å². The van der Waals surface area contributed by atoms with Crippen LogP contribution in [0.5, 0.6) is 5.75 Å². The number of amides is 1. The number of para-hydroxylation sites is 1. The van der Waals surface area contributed by atoms with E-state index in [2.05, 4.69) is 4.98 Å². The Kier molecular flexibility index (Phi) is 7.30. The number of ether oxygens (including phenoxy) is 1. The summed E-state index contributed by atoms with van der Waals surface area (Å²) in [7, 11) is 0. The summed E-state index contributed by atoms with van der Waals surface area (Å²) in [5.41, 5.74) is 7.23. The number of hydrogen-bond acceptors (Lipinski definition) is 4. The number of hydrogen-bond donors (Lipinski definition) is 2. The maximum Gasteiger partial charge on any atom is 0.416 e. The maximum atomic E-state index is 13.2. The molecule has 0 aliphatic rings. The number of nitrogens with zero attached hydrogens (tertiary/aromatic N) is 1. The number of halogens is 3. The Labute approximate surface area is 232 Å². The number of nitrogens with two attached hydrogens (primary N) is 1. The molecule has 5 aromatic rings. The first-order chi connectivity index (χ1) is 19.6. The molecule has 5 rings (SSSR count). The molecule has 1 amide bonds. The molecule has 0 aliphatic heterocycles. The molecule has 4 aromatic carbocycles. The number of aromatic nitrogens is 1. The van der Waals surface area contributed by atoms with Gasteiger partial charge >= 0.3 is 6.18 Å². The zero-order valence-corrected chi connectivity index (χ0v) is 21.3. The quantitative estimate of drug-likeness (QED) is 0.151. The molecule has 41 heavy (non-hydrogen) atoms. The Hall–Kier alpha value is -5.38. The highest BCUT2D eigenvalue weighted by Gasteiger charge is 2.31. The minimum atomic E-state index is -4.54. The number of rotatable bonds is 8. The molecular formula is C31H22F3N3O4. The second kappa shape index (κ2) is 11.0. The zero-order valence-electron chi connectivity index (χ0n) is 21.3. The summed E-state index contributed by atoms with van der Waals surface area (Å²) in [5.74, 6) is -0.323. The molecule has 206 valence electrons. The van der Waals surface area contributed by atoms with Crippen molar-refractivity contribution in [3.8, 4) is 39.4 Å². The summed E-state index contributed by atoms with van der Waals surface area (Å²) >= 11 is 0. The van der Waals surface area contributed by atoms with E-state index >= 15 is 0 Å². The van der Waals surface area contributed by atoms with E-state index in [4.69, 9.17) is 10.5 Å². The van der Waals surface area contributed by atoms with Crippen LogP contribution in [0.4, 0.5) is 18.9 Å². The van der Waals surface area contributed by atoms with Crippen LogP contribution in [0.25, 0.3) is 33.6 Å². The highest BCUT2D eigenvalue weighted by atomic mass is 19.4. The van der Waals surface area contributed by atoms with Crippen molar-refractivity contribution < 1.29 is 27.6 Å². The Balaban J connectivity index is 1.65. The van der Waals surface area contributed by atoms with Crippen LogP contribution < -0.4 is 10.5 Å². The van der Waals surface area contributed by atoms with Crippen molar-refractivity contribution in [2.75, 3.05) is 0 Å². The van der Waals surface area contributed by atoms with Crippen LogP contribution in [0.1, 0.15) is 21.5 Å². The molecular weight excluding hydrogens is 535 g/mol. The number of H-pyrrole nitrogens is 1. The van der Waals surface area contributed by atoms with Gasteiger partial charge in [0, 0.05) is 11.6 Å². The summed E-state index contributed by atoms with van der Waals surface area (Å²) in [6, 6.07) is 26.5. The number of aromatic amines is 1. The van der Waals surface area contributed by atoms with Gasteiger partial charge in [0.2, 0.25) is 0 Å². The van der Waals surface area contributed by atoms with Crippen molar-refractivity contribution in [2.45, 2.75) is 12.8 Å². The van der Waals surface area contributed by atoms with E-state index in [1.54, 1.807) is 30.3 Å². The first kappa shape index (κ1) is 27.2. The lowest BCUT2D eigenvalue weighted by molar-refractivity contribution is -0.384. The van der Waals surface area contributed by atoms with Crippen LogP contribution in [0.15, 0.2) is 103 Å². The number of benzene rings is 4. The third-order valence-corrected chi connectivity index (χ3v) is 6.51. The number of nitro benzene ring substituents is 1. The standard InChI is InChI=1S/C31H22F3N3O4/c32-31(33,34)22-14-10-21(11-15-22)28-26(20-12-16-23(17-13-20)41-18-19-6-2-1-3-7-19)27(30(35)38)29(36-28)24-8-4-5-9-25(24)37(39)40/h1-17,36H,18H2,(H2,35,38). The summed E-state index contributed by atoms with van der Waals surface area (Å²) < 4.78 is 45.6. The molecule has 7 nitrogen and oxygen atoms in total. The molecule has 1 heterocycles. The fraction of sp³-hybridized carbons (Fsp3) is 0.0645. The minimum Gasteiger partial charge on any atom is -0.489 e. The summed E-state index contributed by atoms with van der Waals surface area (Å²) in [6.45, 7) is 0.329. The molecule has 0 bridgehead atoms. The van der Waals surface area contributed by atoms with Crippen LogP contribution in [0.2, 0.25) is 0 Å². The number of nitrogens with one attached hydrogen (secondary N) is 1. The average Bonchev–Trinajstić information content (AvgIpc) is 3.37. The van der Waals surface area contributed by atoms with Crippen LogP contribution in [0.3, 0.4) is 0 Å². The molecule has 3 N–H and O–H groups in total. The molecule has 1 aromatic heterocycles. The van der Waals surface area contributed by atoms with Gasteiger partial charge in [-0.15, -0.1) is 0 Å². The Bertz CT molecular complexity index is 1710. The summed E-state index contributed by atoms with van der Waals surface area (Å²) in [6.07, 6.45) is -4.54. The number of carbonyl (C=O) groups excluding carboxylic acids is 1. The van der Waals surface area contributed by atoms with Gasteiger partial charge in [0.05, 0.1) is 33.0 Å². The Morgan fingerprint density at radius 1 is 0.829 bits per heavy atom. The molecule has 0 fully saturated rings. The minimum absolute atomic E-state index is 0.0350. The predicted molar refractivity (Wildman–Crippen MR) is 148 cm³/mol. The fourth-order valence-corrected chi connectivity index (χ4v) is 4.58. The second-order valence-corrected chi connectivity index (χ2v) is 9.14. The lowest BCUT2D eigenvalue weighted by Crippen LogP contribution is -2.13. The van der Waals surface area contributed by atoms with Crippen molar-refractivity contribution in [3.05, 3.63) is 130 Å². The number of nitro groups is 1. The van der Waals surface area contributed by atoms with E-state index in [0.717, 1.165) is 17.7 Å². The Morgan fingerprint density at radius 2 is 1.44 bits per heavy atom. The van der Waals surface area contributed by atoms with E-state index in [-0.39, 0.29) is 28.2 Å². The van der Waals surface area contributed by atoms with Gasteiger partial charge in [-0.05, 0) is 47.0 Å². The third-order valence-electron chi connectivity index (χ3n) is 6.51. The van der Waals surface area contributed by atoms with E-state index in [1.807, 2.05) is 30.3 Å². The molecule has 0 aliphatic carbocycles. The van der Waals surface area contributed by atoms with Gasteiger partial charge in [0.25, 0.3) is 11.6 Å². The van der Waals surface area contributed by atoms with Gasteiger partial charge < -0.3 is 15.5 Å². The largest absolute Gasteiger partial charge is 0.489 e. The number of carbonyl (C=O) groups is 1. The molecule has 0 saturated carbocycles. The van der Waals surface area contributed by atoms with Gasteiger partial charge in [-0.3, -0.25) is 14.9 Å². The van der Waals surface area contributed by atoms with Crippen LogP contribution in [-0.2, 0) is 12.8 Å². The highest BCUT2D eigenvalue weighted by Crippen LogP contribution is 2.43. The van der Waals surface area contributed by atoms with Gasteiger partial charge in [0.1, 0.15) is 12.4 Å². The van der Waals surface area contributed by atoms with Gasteiger partial charge in [-0.1, -0.05) is 66.7 Å². The number of primary amides is 1. The van der Waals surface area contributed by atoms with Crippen molar-refractivity contribution in [1.82, 2.24) is 4.98 Å². The van der Waals surface area contributed by atoms with Crippen molar-refractivity contribution >= 4 is 11.6 Å². The first-order valence-corrected chi connectivity index (χ1v) is 12.4. The monoisotopic (exact) mass is 557 g/mol. The third kappa shape index (κ3) is 5.67. The van der Waals surface area contributed by atoms with Crippen LogP contribution in [-0.4, -0.2) is 15.8 Å². The normalized spacial score (nSPS) is 11.3. The van der Waals surface area contributed by atoms with E-state index in [9.17, 15) is 28.1 Å². The fourth-order valence-electron chi connectivity index (χ4n) is 4.58. The first-order valence-electron chi connectivity index (χ1n) is 12.4. The summed E-state index contributed by atoms with van der Waals surface area (Å²) in [5, 5.41) is 11.8. The lowest BCUT2D eigenvalue weighted by Gasteiger charge is -2.11. The van der Waals surface area contributed by atoms with Crippen molar-refractivity contribution in [1.29, 1.82) is 0 Å². The molecule has 0 spiro atoms. The molecule has 10 heteroatoms. The molecule has 0 atom stereocenters.